The summed E-state index contributed by atoms with van der Waals surface area (Å²) >= 11 is 0. The first-order valence-corrected chi connectivity index (χ1v) is 12.7. The van der Waals surface area contributed by atoms with Crippen LogP contribution in [0.3, 0.4) is 0 Å². The second-order valence-electron chi connectivity index (χ2n) is 9.52. The fourth-order valence-corrected chi connectivity index (χ4v) is 4.33. The molecule has 218 valence electrons. The highest BCUT2D eigenvalue weighted by Gasteiger charge is 2.45. The zero-order chi connectivity index (χ0) is 30.0. The Morgan fingerprint density at radius 1 is 0.857 bits per heavy atom. The van der Waals surface area contributed by atoms with E-state index < -0.39 is 54.5 Å². The van der Waals surface area contributed by atoms with Crippen LogP contribution in [0.25, 0.3) is 28.4 Å². The predicted octanol–water partition coefficient (Wildman–Crippen LogP) is 2.02. The Balaban J connectivity index is 1.31. The lowest BCUT2D eigenvalue weighted by Gasteiger charge is -2.39. The number of fused-ring (bicyclic) bond motifs is 1. The summed E-state index contributed by atoms with van der Waals surface area (Å²) < 4.78 is 22.2. The van der Waals surface area contributed by atoms with E-state index in [2.05, 4.69) is 0 Å². The maximum Gasteiger partial charge on any atom is 0.330 e. The van der Waals surface area contributed by atoms with Gasteiger partial charge in [0, 0.05) is 29.8 Å². The molecule has 0 spiro atoms. The third-order valence-electron chi connectivity index (χ3n) is 6.55. The maximum absolute atomic E-state index is 12.7. The van der Waals surface area contributed by atoms with Gasteiger partial charge in [0.25, 0.3) is 0 Å². The standard InChI is InChI=1S/C30H26O12/c31-17-6-1-15(2-7-17)3-10-25(35)39-14-24-27(36)28(37)29(38)30(42-24)40-19-11-20(33)26-21(34)13-22(41-23(26)12-19)16-4-8-18(32)9-5-16/h1-13,24,27-33,36-38H,14H2/b10-3+/t24-,27-,28-,29+,30+/m0/s1. The third kappa shape index (κ3) is 6.21. The average molecular weight is 579 g/mol. The summed E-state index contributed by atoms with van der Waals surface area (Å²) in [6, 6.07) is 15.5. The number of aliphatic hydroxyl groups excluding tert-OH is 3. The van der Waals surface area contributed by atoms with E-state index in [-0.39, 0.29) is 34.0 Å². The first-order valence-electron chi connectivity index (χ1n) is 12.7. The summed E-state index contributed by atoms with van der Waals surface area (Å²) in [4.78, 5) is 24.9. The van der Waals surface area contributed by atoms with Gasteiger partial charge in [-0.3, -0.25) is 4.79 Å². The van der Waals surface area contributed by atoms with Crippen molar-refractivity contribution in [3.05, 3.63) is 88.6 Å². The molecule has 42 heavy (non-hydrogen) atoms. The van der Waals surface area contributed by atoms with E-state index in [0.29, 0.717) is 11.1 Å². The van der Waals surface area contributed by atoms with Crippen molar-refractivity contribution in [2.24, 2.45) is 0 Å². The van der Waals surface area contributed by atoms with E-state index in [4.69, 9.17) is 18.6 Å². The van der Waals surface area contributed by atoms with Gasteiger partial charge in [-0.05, 0) is 48.0 Å². The van der Waals surface area contributed by atoms with E-state index >= 15 is 0 Å². The number of hydrogen-bond donors (Lipinski definition) is 6. The fourth-order valence-electron chi connectivity index (χ4n) is 4.33. The van der Waals surface area contributed by atoms with Gasteiger partial charge in [-0.1, -0.05) is 12.1 Å². The van der Waals surface area contributed by atoms with Crippen molar-refractivity contribution in [3.63, 3.8) is 0 Å². The number of rotatable bonds is 7. The third-order valence-corrected chi connectivity index (χ3v) is 6.55. The predicted molar refractivity (Wildman–Crippen MR) is 147 cm³/mol. The van der Waals surface area contributed by atoms with Crippen LogP contribution >= 0.6 is 0 Å². The Bertz CT molecular complexity index is 1660. The molecular weight excluding hydrogens is 552 g/mol. The Morgan fingerprint density at radius 3 is 2.21 bits per heavy atom. The summed E-state index contributed by atoms with van der Waals surface area (Å²) in [5.41, 5.74) is 0.501. The molecule has 0 radical (unpaired) electrons. The lowest BCUT2D eigenvalue weighted by molar-refractivity contribution is -0.278. The van der Waals surface area contributed by atoms with Gasteiger partial charge in [-0.2, -0.15) is 0 Å². The molecule has 1 fully saturated rings. The van der Waals surface area contributed by atoms with Crippen LogP contribution in [0.2, 0.25) is 0 Å². The molecule has 5 atom stereocenters. The number of carbonyl (C=O) groups is 1. The molecule has 2 heterocycles. The lowest BCUT2D eigenvalue weighted by atomic mass is 9.99. The number of aliphatic hydroxyl groups is 3. The molecule has 1 saturated heterocycles. The zero-order valence-corrected chi connectivity index (χ0v) is 21.7. The summed E-state index contributed by atoms with van der Waals surface area (Å²) in [7, 11) is 0. The monoisotopic (exact) mass is 578 g/mol. The molecule has 5 rings (SSSR count). The molecule has 0 amide bonds. The molecule has 12 heteroatoms. The van der Waals surface area contributed by atoms with Gasteiger partial charge in [0.2, 0.25) is 6.29 Å². The van der Waals surface area contributed by atoms with Gasteiger partial charge in [0.1, 0.15) is 70.8 Å². The number of aromatic hydroxyl groups is 3. The molecule has 0 bridgehead atoms. The number of esters is 1. The zero-order valence-electron chi connectivity index (χ0n) is 21.7. The van der Waals surface area contributed by atoms with Crippen LogP contribution < -0.4 is 10.2 Å². The van der Waals surface area contributed by atoms with E-state index in [1.807, 2.05) is 0 Å². The second kappa shape index (κ2) is 11.9. The van der Waals surface area contributed by atoms with Crippen LogP contribution in [0.4, 0.5) is 0 Å². The number of ether oxygens (including phenoxy) is 3. The number of carbonyl (C=O) groups excluding carboxylic acids is 1. The molecule has 0 aliphatic carbocycles. The molecule has 0 unspecified atom stereocenters. The van der Waals surface area contributed by atoms with Gasteiger partial charge in [0.15, 0.2) is 5.43 Å². The quantitative estimate of drug-likeness (QED) is 0.138. The minimum absolute atomic E-state index is 0.0205. The van der Waals surface area contributed by atoms with Gasteiger partial charge in [-0.25, -0.2) is 4.79 Å². The summed E-state index contributed by atoms with van der Waals surface area (Å²) in [6.45, 7) is -0.503. The van der Waals surface area contributed by atoms with Gasteiger partial charge < -0.3 is 49.3 Å². The van der Waals surface area contributed by atoms with Crippen LogP contribution in [0, 0.1) is 0 Å². The molecular formula is C30H26O12. The molecule has 3 aromatic carbocycles. The van der Waals surface area contributed by atoms with Crippen LogP contribution in [-0.2, 0) is 14.3 Å². The number of phenolic OH excluding ortho intramolecular Hbond substituents is 3. The molecule has 1 aliphatic heterocycles. The smallest absolute Gasteiger partial charge is 0.330 e. The SMILES string of the molecule is O=C(/C=C/c1ccc(O)cc1)OC[C@@H]1O[C@@H](Oc2cc(O)c3c(=O)cc(-c4ccc(O)cc4)oc3c2)[C@H](O)[C@@H](O)[C@H]1O. The minimum Gasteiger partial charge on any atom is -0.508 e. The first-order chi connectivity index (χ1) is 20.1. The van der Waals surface area contributed by atoms with Crippen LogP contribution in [-0.4, -0.2) is 73.9 Å². The molecule has 6 N–H and O–H groups in total. The van der Waals surface area contributed by atoms with Crippen molar-refractivity contribution in [1.29, 1.82) is 0 Å². The molecule has 0 saturated carbocycles. The Labute approximate surface area is 237 Å². The number of hydrogen-bond acceptors (Lipinski definition) is 12. The van der Waals surface area contributed by atoms with E-state index in [1.54, 1.807) is 12.1 Å². The van der Waals surface area contributed by atoms with Crippen molar-refractivity contribution in [1.82, 2.24) is 0 Å². The van der Waals surface area contributed by atoms with E-state index in [1.165, 1.54) is 54.6 Å². The average Bonchev–Trinajstić information content (AvgIpc) is 2.96. The topological polar surface area (TPSA) is 196 Å². The second-order valence-corrected chi connectivity index (χ2v) is 9.52. The molecule has 12 nitrogen and oxygen atoms in total. The lowest BCUT2D eigenvalue weighted by Crippen LogP contribution is -2.60. The molecule has 4 aromatic rings. The van der Waals surface area contributed by atoms with E-state index in [9.17, 15) is 40.2 Å². The summed E-state index contributed by atoms with van der Waals surface area (Å²) in [5, 5.41) is 60.5. The molecule has 1 aromatic heterocycles. The van der Waals surface area contributed by atoms with Crippen molar-refractivity contribution < 1.29 is 54.1 Å². The maximum atomic E-state index is 12.7. The van der Waals surface area contributed by atoms with Crippen LogP contribution in [0.1, 0.15) is 5.56 Å². The van der Waals surface area contributed by atoms with Gasteiger partial charge in [0.05, 0.1) is 0 Å². The van der Waals surface area contributed by atoms with E-state index in [0.717, 1.165) is 12.1 Å². The molecule has 1 aliphatic rings. The first kappa shape index (κ1) is 28.6. The van der Waals surface area contributed by atoms with Crippen molar-refractivity contribution >= 4 is 23.0 Å². The van der Waals surface area contributed by atoms with Crippen molar-refractivity contribution in [2.75, 3.05) is 6.61 Å². The highest BCUT2D eigenvalue weighted by molar-refractivity contribution is 5.87. The van der Waals surface area contributed by atoms with Crippen molar-refractivity contribution in [3.8, 4) is 34.3 Å². The Hall–Kier alpha value is -4.88. The Morgan fingerprint density at radius 2 is 1.52 bits per heavy atom. The normalized spacial score (nSPS) is 22.3. The highest BCUT2D eigenvalue weighted by atomic mass is 16.7. The Kier molecular flexibility index (Phi) is 8.13. The number of phenols is 3. The van der Waals surface area contributed by atoms with Crippen LogP contribution in [0.15, 0.2) is 82.0 Å². The highest BCUT2D eigenvalue weighted by Crippen LogP contribution is 2.33. The number of benzene rings is 3. The van der Waals surface area contributed by atoms with Gasteiger partial charge >= 0.3 is 5.97 Å². The summed E-state index contributed by atoms with van der Waals surface area (Å²) in [5.74, 6) is -1.13. The summed E-state index contributed by atoms with van der Waals surface area (Å²) in [6.07, 6.45) is -5.43. The van der Waals surface area contributed by atoms with Gasteiger partial charge in [-0.15, -0.1) is 0 Å². The van der Waals surface area contributed by atoms with Crippen LogP contribution in [0.5, 0.6) is 23.0 Å². The minimum atomic E-state index is -1.74. The largest absolute Gasteiger partial charge is 0.508 e. The van der Waals surface area contributed by atoms with Crippen molar-refractivity contribution in [2.45, 2.75) is 30.7 Å². The fraction of sp³-hybridized carbons (Fsp3) is 0.200.